The van der Waals surface area contributed by atoms with Crippen LogP contribution in [0.2, 0.25) is 0 Å². The summed E-state index contributed by atoms with van der Waals surface area (Å²) in [5.41, 5.74) is 2.03. The number of para-hydroxylation sites is 1. The van der Waals surface area contributed by atoms with E-state index in [2.05, 4.69) is 5.32 Å². The Bertz CT molecular complexity index is 903. The number of hydrogen-bond donors (Lipinski definition) is 1. The minimum absolute atomic E-state index is 0.245. The van der Waals surface area contributed by atoms with E-state index in [1.807, 2.05) is 39.0 Å². The second-order valence-electron chi connectivity index (χ2n) is 6.67. The molecule has 0 bridgehead atoms. The van der Waals surface area contributed by atoms with Crippen molar-refractivity contribution in [2.24, 2.45) is 0 Å². The summed E-state index contributed by atoms with van der Waals surface area (Å²) in [6.07, 6.45) is 0. The van der Waals surface area contributed by atoms with Crippen LogP contribution in [0.4, 0.5) is 5.00 Å². The first-order chi connectivity index (χ1) is 13.7. The highest BCUT2D eigenvalue weighted by molar-refractivity contribution is 7.16. The van der Waals surface area contributed by atoms with Crippen LogP contribution in [0, 0.1) is 13.8 Å². The molecule has 0 saturated heterocycles. The maximum Gasteiger partial charge on any atom is 0.344 e. The van der Waals surface area contributed by atoms with E-state index in [-0.39, 0.29) is 12.5 Å². The van der Waals surface area contributed by atoms with Gasteiger partial charge in [0.2, 0.25) is 0 Å². The number of rotatable bonds is 8. The largest absolute Gasteiger partial charge is 0.482 e. The summed E-state index contributed by atoms with van der Waals surface area (Å²) in [6, 6.07) is 7.44. The van der Waals surface area contributed by atoms with Crippen LogP contribution in [0.25, 0.3) is 0 Å². The van der Waals surface area contributed by atoms with Gasteiger partial charge < -0.3 is 19.5 Å². The van der Waals surface area contributed by atoms with Crippen molar-refractivity contribution < 1.29 is 28.6 Å². The Morgan fingerprint density at radius 1 is 1.10 bits per heavy atom. The number of esters is 2. The topological polar surface area (TPSA) is 90.9 Å². The second-order valence-corrected chi connectivity index (χ2v) is 7.89. The summed E-state index contributed by atoms with van der Waals surface area (Å²) in [7, 11) is 1.28. The Morgan fingerprint density at radius 3 is 2.45 bits per heavy atom. The third-order valence-electron chi connectivity index (χ3n) is 4.28. The van der Waals surface area contributed by atoms with Gasteiger partial charge in [-0.15, -0.1) is 11.3 Å². The molecule has 2 aromatic rings. The third-order valence-corrected chi connectivity index (χ3v) is 5.40. The molecule has 8 heteroatoms. The molecule has 0 saturated carbocycles. The molecule has 0 aliphatic carbocycles. The number of carbonyl (C=O) groups excluding carboxylic acids is 3. The van der Waals surface area contributed by atoms with Crippen molar-refractivity contribution in [2.45, 2.75) is 33.6 Å². The summed E-state index contributed by atoms with van der Waals surface area (Å²) in [5.74, 6) is -0.889. The molecular weight excluding hydrogens is 394 g/mol. The molecule has 29 heavy (non-hydrogen) atoms. The molecular formula is C21H25NO6S. The minimum atomic E-state index is -0.662. The predicted octanol–water partition coefficient (Wildman–Crippen LogP) is 3.84. The molecule has 2 rings (SSSR count). The van der Waals surface area contributed by atoms with Crippen LogP contribution in [-0.2, 0) is 19.1 Å². The number of aryl methyl sites for hydroxylation is 1. The zero-order valence-electron chi connectivity index (χ0n) is 17.2. The van der Waals surface area contributed by atoms with Gasteiger partial charge in [0.15, 0.2) is 13.2 Å². The molecule has 0 aliphatic rings. The van der Waals surface area contributed by atoms with Gasteiger partial charge >= 0.3 is 11.9 Å². The normalized spacial score (nSPS) is 10.6. The van der Waals surface area contributed by atoms with E-state index in [1.165, 1.54) is 18.4 Å². The minimum Gasteiger partial charge on any atom is -0.482 e. The Kier molecular flexibility index (Phi) is 7.78. The Morgan fingerprint density at radius 2 is 1.79 bits per heavy atom. The lowest BCUT2D eigenvalue weighted by molar-refractivity contribution is -0.149. The van der Waals surface area contributed by atoms with Gasteiger partial charge in [0, 0.05) is 4.88 Å². The van der Waals surface area contributed by atoms with Crippen LogP contribution < -0.4 is 10.1 Å². The average Bonchev–Trinajstić information content (AvgIpc) is 2.97. The van der Waals surface area contributed by atoms with Crippen molar-refractivity contribution in [3.8, 4) is 5.75 Å². The van der Waals surface area contributed by atoms with Crippen LogP contribution in [0.3, 0.4) is 0 Å². The number of hydrogen-bond acceptors (Lipinski definition) is 7. The first kappa shape index (κ1) is 22.4. The molecule has 7 nitrogen and oxygen atoms in total. The standard InChI is InChI=1S/C21H25NO6S/c1-12(2)15-8-6-7-9-16(15)27-11-18(24)28-10-17(23)22-20-19(21(25)26-5)13(3)14(4)29-20/h6-9,12H,10-11H2,1-5H3,(H,22,23). The van der Waals surface area contributed by atoms with Gasteiger partial charge in [0.05, 0.1) is 12.7 Å². The average molecular weight is 419 g/mol. The molecule has 156 valence electrons. The highest BCUT2D eigenvalue weighted by atomic mass is 32.1. The van der Waals surface area contributed by atoms with Gasteiger partial charge in [-0.2, -0.15) is 0 Å². The van der Waals surface area contributed by atoms with Crippen LogP contribution in [0.5, 0.6) is 5.75 Å². The molecule has 0 aliphatic heterocycles. The molecule has 0 unspecified atom stereocenters. The molecule has 0 atom stereocenters. The maximum absolute atomic E-state index is 12.1. The van der Waals surface area contributed by atoms with Crippen molar-refractivity contribution in [3.63, 3.8) is 0 Å². The monoisotopic (exact) mass is 419 g/mol. The fraction of sp³-hybridized carbons (Fsp3) is 0.381. The maximum atomic E-state index is 12.1. The highest BCUT2D eigenvalue weighted by Crippen LogP contribution is 2.32. The molecule has 0 fully saturated rings. The number of amides is 1. The van der Waals surface area contributed by atoms with Crippen molar-refractivity contribution in [2.75, 3.05) is 25.6 Å². The summed E-state index contributed by atoms with van der Waals surface area (Å²) in [6.45, 7) is 6.89. The molecule has 1 aromatic heterocycles. The lowest BCUT2D eigenvalue weighted by atomic mass is 10.0. The summed E-state index contributed by atoms with van der Waals surface area (Å²) >= 11 is 1.26. The summed E-state index contributed by atoms with van der Waals surface area (Å²) < 4.78 is 15.3. The molecule has 1 aromatic carbocycles. The molecule has 1 N–H and O–H groups in total. The van der Waals surface area contributed by atoms with Gasteiger partial charge in [-0.25, -0.2) is 9.59 Å². The second kappa shape index (κ2) is 10.1. The fourth-order valence-electron chi connectivity index (χ4n) is 2.64. The zero-order valence-corrected chi connectivity index (χ0v) is 18.0. The van der Waals surface area contributed by atoms with E-state index in [0.717, 1.165) is 16.0 Å². The fourth-order valence-corrected chi connectivity index (χ4v) is 3.70. The quantitative estimate of drug-likeness (QED) is 0.654. The Balaban J connectivity index is 1.90. The molecule has 1 heterocycles. The number of thiophene rings is 1. The van der Waals surface area contributed by atoms with Crippen LogP contribution in [0.15, 0.2) is 24.3 Å². The number of methoxy groups -OCH3 is 1. The predicted molar refractivity (Wildman–Crippen MR) is 111 cm³/mol. The van der Waals surface area contributed by atoms with Crippen LogP contribution in [-0.4, -0.2) is 38.2 Å². The first-order valence-electron chi connectivity index (χ1n) is 9.10. The number of nitrogens with one attached hydrogen (secondary N) is 1. The van der Waals surface area contributed by atoms with Gasteiger partial charge in [-0.1, -0.05) is 32.0 Å². The van der Waals surface area contributed by atoms with E-state index >= 15 is 0 Å². The molecule has 0 radical (unpaired) electrons. The van der Waals surface area contributed by atoms with Gasteiger partial charge in [-0.3, -0.25) is 4.79 Å². The number of benzene rings is 1. The molecule has 1 amide bonds. The highest BCUT2D eigenvalue weighted by Gasteiger charge is 2.22. The van der Waals surface area contributed by atoms with Gasteiger partial charge in [0.25, 0.3) is 5.91 Å². The number of carbonyl (C=O) groups is 3. The first-order valence-corrected chi connectivity index (χ1v) is 9.91. The Hall–Kier alpha value is -2.87. The SMILES string of the molecule is COC(=O)c1c(NC(=O)COC(=O)COc2ccccc2C(C)C)sc(C)c1C. The smallest absolute Gasteiger partial charge is 0.344 e. The summed E-state index contributed by atoms with van der Waals surface area (Å²) in [4.78, 5) is 36.9. The van der Waals surface area contributed by atoms with Crippen molar-refractivity contribution >= 4 is 34.2 Å². The van der Waals surface area contributed by atoms with E-state index in [4.69, 9.17) is 14.2 Å². The van der Waals surface area contributed by atoms with E-state index in [1.54, 1.807) is 13.0 Å². The van der Waals surface area contributed by atoms with E-state index < -0.39 is 24.5 Å². The lowest BCUT2D eigenvalue weighted by Gasteiger charge is -2.13. The lowest BCUT2D eigenvalue weighted by Crippen LogP contribution is -2.24. The van der Waals surface area contributed by atoms with Gasteiger partial charge in [-0.05, 0) is 37.0 Å². The van der Waals surface area contributed by atoms with E-state index in [0.29, 0.717) is 16.3 Å². The van der Waals surface area contributed by atoms with Crippen LogP contribution >= 0.6 is 11.3 Å². The van der Waals surface area contributed by atoms with Crippen molar-refractivity contribution in [1.82, 2.24) is 0 Å². The Labute approximate surface area is 174 Å². The number of ether oxygens (including phenoxy) is 3. The zero-order chi connectivity index (χ0) is 21.6. The summed E-state index contributed by atoms with van der Waals surface area (Å²) in [5, 5.41) is 2.97. The number of anilines is 1. The van der Waals surface area contributed by atoms with Crippen LogP contribution in [0.1, 0.15) is 46.1 Å². The van der Waals surface area contributed by atoms with Crippen molar-refractivity contribution in [3.05, 3.63) is 45.8 Å². The molecule has 0 spiro atoms. The van der Waals surface area contributed by atoms with Gasteiger partial charge in [0.1, 0.15) is 10.8 Å². The van der Waals surface area contributed by atoms with E-state index in [9.17, 15) is 14.4 Å². The third kappa shape index (κ3) is 5.80. The van der Waals surface area contributed by atoms with Crippen molar-refractivity contribution in [1.29, 1.82) is 0 Å².